The molecule has 0 amide bonds. The normalized spacial score (nSPS) is 11.5. The molecule has 6 nitrogen and oxygen atoms in total. The summed E-state index contributed by atoms with van der Waals surface area (Å²) >= 11 is 0. The van der Waals surface area contributed by atoms with Crippen LogP contribution in [-0.2, 0) is 25.9 Å². The van der Waals surface area contributed by atoms with Crippen molar-refractivity contribution in [2.45, 2.75) is 60.0 Å². The third-order valence-electron chi connectivity index (χ3n) is 4.17. The molecule has 6 heteroatoms. The van der Waals surface area contributed by atoms with Crippen LogP contribution < -0.4 is 15.4 Å². The minimum atomic E-state index is 0.587. The number of benzene rings is 1. The van der Waals surface area contributed by atoms with Crippen LogP contribution in [0.1, 0.15) is 56.7 Å². The molecule has 1 aromatic carbocycles. The molecule has 0 atom stereocenters. The Morgan fingerprint density at radius 2 is 2.00 bits per heavy atom. The van der Waals surface area contributed by atoms with Crippen molar-refractivity contribution in [2.24, 2.45) is 4.99 Å². The van der Waals surface area contributed by atoms with E-state index in [1.54, 1.807) is 0 Å². The van der Waals surface area contributed by atoms with Crippen LogP contribution in [0.5, 0.6) is 5.75 Å². The van der Waals surface area contributed by atoms with Gasteiger partial charge in [-0.1, -0.05) is 38.1 Å². The smallest absolute Gasteiger partial charge is 0.191 e. The Balaban J connectivity index is 2.03. The molecule has 27 heavy (non-hydrogen) atoms. The first kappa shape index (κ1) is 20.8. The molecule has 2 rings (SSSR count). The largest absolute Gasteiger partial charge is 0.494 e. The lowest BCUT2D eigenvalue weighted by Crippen LogP contribution is -2.37. The summed E-state index contributed by atoms with van der Waals surface area (Å²) in [5.74, 6) is 2.62. The standard InChI is InChI=1S/C21H32N4O2/c1-5-12-26-17-11-9-10-16(13-17)14-23-21(22-8-4)24-15-18-19(6-2)25-27-20(18)7-3/h9-11,13H,5-8,12,14-15H2,1-4H3,(H2,22,23,24). The lowest BCUT2D eigenvalue weighted by Gasteiger charge is -2.12. The highest BCUT2D eigenvalue weighted by molar-refractivity contribution is 5.79. The van der Waals surface area contributed by atoms with Gasteiger partial charge in [-0.3, -0.25) is 0 Å². The van der Waals surface area contributed by atoms with E-state index in [4.69, 9.17) is 14.3 Å². The zero-order valence-electron chi connectivity index (χ0n) is 17.0. The molecule has 1 heterocycles. The summed E-state index contributed by atoms with van der Waals surface area (Å²) in [5, 5.41) is 10.9. The molecule has 0 saturated heterocycles. The van der Waals surface area contributed by atoms with Gasteiger partial charge in [0.05, 0.1) is 18.8 Å². The number of nitrogens with one attached hydrogen (secondary N) is 2. The maximum Gasteiger partial charge on any atom is 0.191 e. The molecule has 1 aromatic heterocycles. The van der Waals surface area contributed by atoms with E-state index in [0.29, 0.717) is 13.1 Å². The van der Waals surface area contributed by atoms with E-state index in [0.717, 1.165) is 66.7 Å². The monoisotopic (exact) mass is 372 g/mol. The quantitative estimate of drug-likeness (QED) is 0.490. The summed E-state index contributed by atoms with van der Waals surface area (Å²) in [6.07, 6.45) is 2.69. The van der Waals surface area contributed by atoms with Crippen LogP contribution in [0.25, 0.3) is 0 Å². The number of hydrogen-bond donors (Lipinski definition) is 2. The molecule has 0 spiro atoms. The molecule has 0 aliphatic carbocycles. The maximum absolute atomic E-state index is 5.70. The molecule has 0 aliphatic heterocycles. The van der Waals surface area contributed by atoms with Crippen LogP contribution in [0.15, 0.2) is 33.8 Å². The van der Waals surface area contributed by atoms with Crippen LogP contribution >= 0.6 is 0 Å². The molecule has 2 N–H and O–H groups in total. The second kappa shape index (κ2) is 11.3. The molecule has 148 valence electrons. The SMILES string of the molecule is CCCOc1cccc(CN=C(NCC)NCc2c(CC)noc2CC)c1. The van der Waals surface area contributed by atoms with Gasteiger partial charge in [0.15, 0.2) is 5.96 Å². The van der Waals surface area contributed by atoms with E-state index >= 15 is 0 Å². The molecule has 0 saturated carbocycles. The van der Waals surface area contributed by atoms with Crippen molar-refractivity contribution in [3.8, 4) is 5.75 Å². The van der Waals surface area contributed by atoms with Gasteiger partial charge in [-0.05, 0) is 37.5 Å². The van der Waals surface area contributed by atoms with Crippen molar-refractivity contribution >= 4 is 5.96 Å². The molecule has 0 fully saturated rings. The topological polar surface area (TPSA) is 71.7 Å². The minimum Gasteiger partial charge on any atom is -0.494 e. The van der Waals surface area contributed by atoms with E-state index in [1.807, 2.05) is 18.2 Å². The molecule has 0 aliphatic rings. The van der Waals surface area contributed by atoms with Crippen LogP contribution in [0.3, 0.4) is 0 Å². The van der Waals surface area contributed by atoms with Crippen LogP contribution in [-0.4, -0.2) is 24.3 Å². The molecule has 0 radical (unpaired) electrons. The van der Waals surface area contributed by atoms with Crippen molar-refractivity contribution in [1.29, 1.82) is 0 Å². The predicted molar refractivity (Wildman–Crippen MR) is 109 cm³/mol. The number of ether oxygens (including phenoxy) is 1. The van der Waals surface area contributed by atoms with Crippen molar-refractivity contribution in [3.63, 3.8) is 0 Å². The van der Waals surface area contributed by atoms with Gasteiger partial charge in [0.2, 0.25) is 0 Å². The fraction of sp³-hybridized carbons (Fsp3) is 0.524. The van der Waals surface area contributed by atoms with E-state index in [1.165, 1.54) is 0 Å². The maximum atomic E-state index is 5.70. The number of hydrogen-bond acceptors (Lipinski definition) is 4. The Morgan fingerprint density at radius 3 is 2.70 bits per heavy atom. The van der Waals surface area contributed by atoms with Crippen molar-refractivity contribution in [3.05, 3.63) is 46.8 Å². The Morgan fingerprint density at radius 1 is 1.15 bits per heavy atom. The van der Waals surface area contributed by atoms with Gasteiger partial charge in [-0.2, -0.15) is 0 Å². The van der Waals surface area contributed by atoms with E-state index in [2.05, 4.69) is 49.6 Å². The van der Waals surface area contributed by atoms with Gasteiger partial charge in [0.1, 0.15) is 11.5 Å². The zero-order chi connectivity index (χ0) is 19.5. The third kappa shape index (κ3) is 6.31. The average Bonchev–Trinajstić information content (AvgIpc) is 3.10. The summed E-state index contributed by atoms with van der Waals surface area (Å²) in [6, 6.07) is 8.11. The minimum absolute atomic E-state index is 0.587. The lowest BCUT2D eigenvalue weighted by atomic mass is 10.1. The summed E-state index contributed by atoms with van der Waals surface area (Å²) in [6.45, 7) is 11.1. The van der Waals surface area contributed by atoms with Crippen LogP contribution in [0.4, 0.5) is 0 Å². The molecular weight excluding hydrogens is 340 g/mol. The lowest BCUT2D eigenvalue weighted by molar-refractivity contribution is 0.317. The van der Waals surface area contributed by atoms with Gasteiger partial charge in [-0.25, -0.2) is 4.99 Å². The van der Waals surface area contributed by atoms with Gasteiger partial charge in [0.25, 0.3) is 0 Å². The summed E-state index contributed by atoms with van der Waals surface area (Å²) in [7, 11) is 0. The van der Waals surface area contributed by atoms with Gasteiger partial charge in [0, 0.05) is 25.1 Å². The Kier molecular flexibility index (Phi) is 8.68. The number of aliphatic imine (C=N–C) groups is 1. The fourth-order valence-corrected chi connectivity index (χ4v) is 2.78. The third-order valence-corrected chi connectivity index (χ3v) is 4.17. The highest BCUT2D eigenvalue weighted by Crippen LogP contribution is 2.16. The van der Waals surface area contributed by atoms with Gasteiger partial charge in [-0.15, -0.1) is 0 Å². The van der Waals surface area contributed by atoms with E-state index in [9.17, 15) is 0 Å². The number of aromatic nitrogens is 1. The summed E-state index contributed by atoms with van der Waals surface area (Å²) in [5.41, 5.74) is 3.27. The Labute approximate surface area is 162 Å². The Hall–Kier alpha value is -2.50. The van der Waals surface area contributed by atoms with Crippen LogP contribution in [0.2, 0.25) is 0 Å². The van der Waals surface area contributed by atoms with Crippen molar-refractivity contribution < 1.29 is 9.26 Å². The highest BCUT2D eigenvalue weighted by Gasteiger charge is 2.13. The molecular formula is C21H32N4O2. The molecule has 0 bridgehead atoms. The van der Waals surface area contributed by atoms with Crippen LogP contribution in [0, 0.1) is 0 Å². The zero-order valence-corrected chi connectivity index (χ0v) is 17.0. The number of guanidine groups is 1. The van der Waals surface area contributed by atoms with E-state index < -0.39 is 0 Å². The first-order chi connectivity index (χ1) is 13.2. The average molecular weight is 373 g/mol. The number of nitrogens with zero attached hydrogens (tertiary/aromatic N) is 2. The molecule has 2 aromatic rings. The van der Waals surface area contributed by atoms with Gasteiger partial charge < -0.3 is 19.9 Å². The summed E-state index contributed by atoms with van der Waals surface area (Å²) in [4.78, 5) is 4.70. The predicted octanol–water partition coefficient (Wildman–Crippen LogP) is 3.84. The Bertz CT molecular complexity index is 703. The first-order valence-electron chi connectivity index (χ1n) is 9.91. The molecule has 0 unspecified atom stereocenters. The first-order valence-corrected chi connectivity index (χ1v) is 9.91. The second-order valence-corrected chi connectivity index (χ2v) is 6.28. The fourth-order valence-electron chi connectivity index (χ4n) is 2.78. The van der Waals surface area contributed by atoms with E-state index in [-0.39, 0.29) is 0 Å². The van der Waals surface area contributed by atoms with Gasteiger partial charge >= 0.3 is 0 Å². The second-order valence-electron chi connectivity index (χ2n) is 6.28. The number of rotatable bonds is 10. The summed E-state index contributed by atoms with van der Waals surface area (Å²) < 4.78 is 11.1. The van der Waals surface area contributed by atoms with Crippen molar-refractivity contribution in [2.75, 3.05) is 13.2 Å². The number of aryl methyl sites for hydroxylation is 2. The van der Waals surface area contributed by atoms with Crippen molar-refractivity contribution in [1.82, 2.24) is 15.8 Å². The highest BCUT2D eigenvalue weighted by atomic mass is 16.5.